The molecule has 0 spiro atoms. The molecule has 1 saturated heterocycles. The van der Waals surface area contributed by atoms with Crippen LogP contribution in [0.5, 0.6) is 0 Å². The van der Waals surface area contributed by atoms with Crippen molar-refractivity contribution in [2.45, 2.75) is 38.1 Å². The Morgan fingerprint density at radius 3 is 2.54 bits per heavy atom. The van der Waals surface area contributed by atoms with Gasteiger partial charge in [-0.2, -0.15) is 18.4 Å². The van der Waals surface area contributed by atoms with E-state index in [2.05, 4.69) is 21.7 Å². The van der Waals surface area contributed by atoms with Crippen molar-refractivity contribution in [1.82, 2.24) is 20.1 Å². The number of rotatable bonds is 6. The van der Waals surface area contributed by atoms with Gasteiger partial charge in [0.15, 0.2) is 5.69 Å². The first kappa shape index (κ1) is 28.0. The number of carboxylic acid groups (broad SMARTS) is 1. The van der Waals surface area contributed by atoms with Gasteiger partial charge in [-0.3, -0.25) is 9.69 Å². The zero-order valence-corrected chi connectivity index (χ0v) is 22.6. The van der Waals surface area contributed by atoms with Gasteiger partial charge in [0.1, 0.15) is 17.1 Å². The molecule has 3 aliphatic rings. The molecule has 3 N–H and O–H groups in total. The van der Waals surface area contributed by atoms with E-state index < -0.39 is 35.8 Å². The maximum Gasteiger partial charge on any atom is 0.417 e. The summed E-state index contributed by atoms with van der Waals surface area (Å²) in [5.74, 6) is -1.27. The Hall–Kier alpha value is -4.50. The summed E-state index contributed by atoms with van der Waals surface area (Å²) in [6.07, 6.45) is -3.93. The van der Waals surface area contributed by atoms with Crippen LogP contribution in [-0.2, 0) is 4.79 Å². The minimum absolute atomic E-state index is 0.0513. The van der Waals surface area contributed by atoms with Crippen molar-refractivity contribution < 1.29 is 27.9 Å². The highest BCUT2D eigenvalue weighted by atomic mass is 35.5. The van der Waals surface area contributed by atoms with Gasteiger partial charge in [0.2, 0.25) is 0 Å². The quantitative estimate of drug-likeness (QED) is 0.422. The van der Waals surface area contributed by atoms with E-state index in [9.17, 15) is 27.9 Å². The van der Waals surface area contributed by atoms with Gasteiger partial charge in [-0.15, -0.1) is 0 Å². The Bertz CT molecular complexity index is 1560. The molecule has 0 saturated carbocycles. The summed E-state index contributed by atoms with van der Waals surface area (Å²) in [4.78, 5) is 31.9. The topological polar surface area (TPSA) is 122 Å². The van der Waals surface area contributed by atoms with Gasteiger partial charge in [0.05, 0.1) is 28.5 Å². The van der Waals surface area contributed by atoms with Crippen LogP contribution in [-0.4, -0.2) is 63.2 Å². The molecule has 1 aromatic carbocycles. The van der Waals surface area contributed by atoms with Gasteiger partial charge in [-0.25, -0.2) is 9.78 Å². The number of nitrogens with zero attached hydrogens (tertiary/aromatic N) is 4. The number of halogens is 4. The summed E-state index contributed by atoms with van der Waals surface area (Å²) < 4.78 is 41.7. The number of nitrogens with one attached hydrogen (secondary N) is 2. The molecule has 5 rings (SSSR count). The van der Waals surface area contributed by atoms with Crippen LogP contribution in [0.2, 0.25) is 5.15 Å². The van der Waals surface area contributed by atoms with E-state index in [0.717, 1.165) is 22.7 Å². The highest BCUT2D eigenvalue weighted by Gasteiger charge is 2.45. The fourth-order valence-electron chi connectivity index (χ4n) is 5.12. The van der Waals surface area contributed by atoms with Gasteiger partial charge in [0, 0.05) is 31.2 Å². The van der Waals surface area contributed by atoms with Crippen molar-refractivity contribution in [2.24, 2.45) is 0 Å². The maximum atomic E-state index is 13.9. The fraction of sp³-hybridized carbons (Fsp3) is 0.286. The van der Waals surface area contributed by atoms with E-state index in [1.807, 2.05) is 17.0 Å². The second-order valence-corrected chi connectivity index (χ2v) is 10.4. The summed E-state index contributed by atoms with van der Waals surface area (Å²) in [6, 6.07) is 11.2. The molecule has 1 amide bonds. The van der Waals surface area contributed by atoms with E-state index >= 15 is 0 Å². The molecule has 212 valence electrons. The third kappa shape index (κ3) is 5.32. The molecule has 13 heteroatoms. The number of fused-ring (bicyclic) bond motifs is 1. The predicted octanol–water partition coefficient (Wildman–Crippen LogP) is 4.58. The third-order valence-corrected chi connectivity index (χ3v) is 7.56. The number of allylic oxidation sites excluding steroid dienone is 2. The number of anilines is 1. The first-order valence-corrected chi connectivity index (χ1v) is 13.0. The predicted molar refractivity (Wildman–Crippen MR) is 143 cm³/mol. The number of alkyl halides is 3. The number of likely N-dealkylation sites (tertiary alicyclic amines) is 1. The fourth-order valence-corrected chi connectivity index (χ4v) is 5.27. The van der Waals surface area contributed by atoms with Gasteiger partial charge in [-0.05, 0) is 55.3 Å². The Morgan fingerprint density at radius 2 is 1.93 bits per heavy atom. The van der Waals surface area contributed by atoms with Crippen LogP contribution in [0.1, 0.15) is 41.4 Å². The van der Waals surface area contributed by atoms with E-state index in [1.165, 1.54) is 12.1 Å². The Balaban J connectivity index is 1.43. The van der Waals surface area contributed by atoms with E-state index in [4.69, 9.17) is 16.9 Å². The van der Waals surface area contributed by atoms with Crippen molar-refractivity contribution in [3.63, 3.8) is 0 Å². The van der Waals surface area contributed by atoms with Gasteiger partial charge >= 0.3 is 12.1 Å². The normalized spacial score (nSPS) is 19.8. The number of nitriles is 1. The molecule has 3 aliphatic heterocycles. The molecule has 41 heavy (non-hydrogen) atoms. The zero-order valence-electron chi connectivity index (χ0n) is 21.8. The van der Waals surface area contributed by atoms with Crippen molar-refractivity contribution in [3.8, 4) is 6.07 Å². The number of amides is 1. The number of benzene rings is 1. The molecule has 2 atom stereocenters. The highest BCUT2D eigenvalue weighted by molar-refractivity contribution is 6.29. The lowest BCUT2D eigenvalue weighted by Gasteiger charge is -2.49. The third-order valence-electron chi connectivity index (χ3n) is 7.35. The van der Waals surface area contributed by atoms with Crippen LogP contribution >= 0.6 is 11.6 Å². The lowest BCUT2D eigenvalue weighted by Crippen LogP contribution is -2.60. The molecule has 1 aromatic heterocycles. The van der Waals surface area contributed by atoms with E-state index in [0.29, 0.717) is 24.5 Å². The summed E-state index contributed by atoms with van der Waals surface area (Å²) in [7, 11) is 0. The Kier molecular flexibility index (Phi) is 7.17. The zero-order chi connectivity index (χ0) is 29.6. The number of carboxylic acids is 1. The van der Waals surface area contributed by atoms with Crippen LogP contribution in [0.25, 0.3) is 0 Å². The maximum absolute atomic E-state index is 13.9. The van der Waals surface area contributed by atoms with E-state index in [1.54, 1.807) is 26.0 Å². The highest BCUT2D eigenvalue weighted by Crippen LogP contribution is 2.38. The number of aromatic nitrogens is 1. The first-order valence-electron chi connectivity index (χ1n) is 12.6. The first-order chi connectivity index (χ1) is 19.4. The number of pyridine rings is 1. The van der Waals surface area contributed by atoms with E-state index in [-0.39, 0.29) is 33.6 Å². The van der Waals surface area contributed by atoms with Crippen molar-refractivity contribution in [3.05, 3.63) is 93.2 Å². The van der Waals surface area contributed by atoms with Gasteiger partial charge < -0.3 is 20.6 Å². The summed E-state index contributed by atoms with van der Waals surface area (Å²) in [6.45, 7) is 4.28. The number of carbonyl (C=O) groups is 2. The molecular weight excluding hydrogens is 561 g/mol. The van der Waals surface area contributed by atoms with Crippen LogP contribution in [0.15, 0.2) is 71.2 Å². The lowest BCUT2D eigenvalue weighted by atomic mass is 9.89. The average Bonchev–Trinajstić information content (AvgIpc) is 2.90. The van der Waals surface area contributed by atoms with Crippen molar-refractivity contribution in [1.29, 1.82) is 5.26 Å². The van der Waals surface area contributed by atoms with Crippen molar-refractivity contribution >= 4 is 29.2 Å². The smallest absolute Gasteiger partial charge is 0.417 e. The molecule has 0 bridgehead atoms. The van der Waals surface area contributed by atoms with Crippen LogP contribution in [0.4, 0.5) is 18.9 Å². The molecule has 9 nitrogen and oxygen atoms in total. The minimum atomic E-state index is -4.73. The lowest BCUT2D eigenvalue weighted by molar-refractivity contribution is -0.128. The average molecular weight is 585 g/mol. The van der Waals surface area contributed by atoms with Crippen LogP contribution in [0.3, 0.4) is 0 Å². The summed E-state index contributed by atoms with van der Waals surface area (Å²) >= 11 is 5.84. The largest absolute Gasteiger partial charge is 0.476 e. The minimum Gasteiger partial charge on any atom is -0.476 e. The van der Waals surface area contributed by atoms with Crippen LogP contribution < -0.4 is 10.6 Å². The second-order valence-electron chi connectivity index (χ2n) is 10.00. The Labute approximate surface area is 238 Å². The molecule has 0 aliphatic carbocycles. The monoisotopic (exact) mass is 584 g/mol. The molecule has 1 fully saturated rings. The standard InChI is InChI=1S/C28H24ClF3N6O3/c1-14-24(37-11-18(12-37)17-5-3-16(10-33)4-6-17)36-25-20(9-19(28(30,31)32)13-38(25)26(14)39)15(2)34-21-7-8-22(29)35-23(21)27(40)41/h3-9,13,15,18,25,34,36H,11-12H2,1-2H3,(H,40,41)/t15-,25?/m1/s1. The second kappa shape index (κ2) is 10.5. The molecule has 0 radical (unpaired) electrons. The summed E-state index contributed by atoms with van der Waals surface area (Å²) in [5.41, 5.74) is 0.708. The van der Waals surface area contributed by atoms with Gasteiger partial charge in [-0.1, -0.05) is 23.7 Å². The molecule has 2 aromatic rings. The van der Waals surface area contributed by atoms with Crippen molar-refractivity contribution in [2.75, 3.05) is 18.4 Å². The molecule has 1 unspecified atom stereocenters. The SMILES string of the molecule is CC1=C(N2CC(c3ccc(C#N)cc3)C2)NC2C([C@@H](C)Nc3ccc(Cl)nc3C(=O)O)=CC(C(F)(F)F)=CN2C1=O. The molecular formula is C28H24ClF3N6O3. The molecule has 4 heterocycles. The number of carbonyl (C=O) groups excluding carboxylic acids is 1. The van der Waals surface area contributed by atoms with Crippen LogP contribution in [0, 0.1) is 11.3 Å². The number of hydrogen-bond acceptors (Lipinski definition) is 7. The summed E-state index contributed by atoms with van der Waals surface area (Å²) in [5, 5.41) is 24.7. The number of aromatic carboxylic acids is 1. The number of hydrogen-bond donors (Lipinski definition) is 3. The van der Waals surface area contributed by atoms with Gasteiger partial charge in [0.25, 0.3) is 5.91 Å². The Morgan fingerprint density at radius 1 is 1.24 bits per heavy atom.